The highest BCUT2D eigenvalue weighted by Crippen LogP contribution is 2.13. The van der Waals surface area contributed by atoms with E-state index >= 15 is 0 Å². The summed E-state index contributed by atoms with van der Waals surface area (Å²) in [7, 11) is -3.62. The average Bonchev–Trinajstić information content (AvgIpc) is 2.31. The van der Waals surface area contributed by atoms with Crippen molar-refractivity contribution in [2.75, 3.05) is 13.1 Å². The molecule has 0 radical (unpaired) electrons. The van der Waals surface area contributed by atoms with E-state index in [1.807, 2.05) is 13.8 Å². The van der Waals surface area contributed by atoms with E-state index in [0.717, 1.165) is 12.6 Å². The zero-order valence-corrected chi connectivity index (χ0v) is 12.3. The quantitative estimate of drug-likeness (QED) is 0.752. The van der Waals surface area contributed by atoms with Crippen LogP contribution in [0, 0.1) is 12.7 Å². The van der Waals surface area contributed by atoms with E-state index in [1.54, 1.807) is 6.92 Å². The third-order valence-electron chi connectivity index (χ3n) is 2.65. The van der Waals surface area contributed by atoms with Crippen molar-refractivity contribution in [1.29, 1.82) is 0 Å². The smallest absolute Gasteiger partial charge is 0.240 e. The second-order valence-corrected chi connectivity index (χ2v) is 6.54. The number of nitrogens with one attached hydrogen (secondary N) is 2. The molecule has 0 spiro atoms. The number of hydrogen-bond donors (Lipinski definition) is 2. The van der Waals surface area contributed by atoms with Crippen LogP contribution in [0.4, 0.5) is 4.39 Å². The van der Waals surface area contributed by atoms with Crippen LogP contribution in [-0.2, 0) is 10.0 Å². The molecule has 108 valence electrons. The number of benzene rings is 1. The van der Waals surface area contributed by atoms with Crippen LogP contribution in [0.3, 0.4) is 0 Å². The summed E-state index contributed by atoms with van der Waals surface area (Å²) < 4.78 is 39.6. The van der Waals surface area contributed by atoms with Gasteiger partial charge in [-0.05, 0) is 37.6 Å². The van der Waals surface area contributed by atoms with Gasteiger partial charge in [-0.15, -0.1) is 0 Å². The fourth-order valence-corrected chi connectivity index (χ4v) is 2.60. The maximum atomic E-state index is 13.3. The van der Waals surface area contributed by atoms with Crippen molar-refractivity contribution < 1.29 is 12.8 Å². The van der Waals surface area contributed by atoms with Crippen molar-refractivity contribution in [3.8, 4) is 0 Å². The third kappa shape index (κ3) is 5.26. The van der Waals surface area contributed by atoms with Crippen molar-refractivity contribution in [2.24, 2.45) is 0 Å². The molecule has 0 amide bonds. The molecule has 0 aliphatic carbocycles. The van der Waals surface area contributed by atoms with Crippen molar-refractivity contribution in [3.63, 3.8) is 0 Å². The van der Waals surface area contributed by atoms with Gasteiger partial charge in [-0.3, -0.25) is 0 Å². The Morgan fingerprint density at radius 1 is 1.26 bits per heavy atom. The summed E-state index contributed by atoms with van der Waals surface area (Å²) in [6, 6.07) is 4.30. The highest BCUT2D eigenvalue weighted by molar-refractivity contribution is 7.89. The summed E-state index contributed by atoms with van der Waals surface area (Å²) in [6.45, 7) is 6.72. The Kier molecular flexibility index (Phi) is 5.90. The van der Waals surface area contributed by atoms with Gasteiger partial charge in [-0.1, -0.05) is 19.9 Å². The largest absolute Gasteiger partial charge is 0.314 e. The number of rotatable bonds is 7. The van der Waals surface area contributed by atoms with Crippen molar-refractivity contribution in [2.45, 2.75) is 38.1 Å². The topological polar surface area (TPSA) is 58.2 Å². The molecule has 1 aromatic carbocycles. The number of hydrogen-bond acceptors (Lipinski definition) is 3. The lowest BCUT2D eigenvalue weighted by Crippen LogP contribution is -2.29. The monoisotopic (exact) mass is 288 g/mol. The van der Waals surface area contributed by atoms with Crippen LogP contribution in [0.5, 0.6) is 0 Å². The fourth-order valence-electron chi connectivity index (χ4n) is 1.51. The Labute approximate surface area is 114 Å². The summed E-state index contributed by atoms with van der Waals surface area (Å²) in [5.74, 6) is -0.510. The third-order valence-corrected chi connectivity index (χ3v) is 4.11. The standard InChI is InChI=1S/C13H21FN2O2S/c1-10(2)15-7-4-8-16-19(17,18)12-6-5-11(3)13(14)9-12/h5-6,9-10,15-16H,4,7-8H2,1-3H3. The normalized spacial score (nSPS) is 12.1. The molecule has 0 bridgehead atoms. The molecule has 19 heavy (non-hydrogen) atoms. The van der Waals surface area contributed by atoms with E-state index in [4.69, 9.17) is 0 Å². The van der Waals surface area contributed by atoms with E-state index in [2.05, 4.69) is 10.0 Å². The van der Waals surface area contributed by atoms with Gasteiger partial charge in [0, 0.05) is 12.6 Å². The van der Waals surface area contributed by atoms with Gasteiger partial charge in [0.05, 0.1) is 4.90 Å². The molecule has 0 unspecified atom stereocenters. The van der Waals surface area contributed by atoms with Crippen LogP contribution < -0.4 is 10.0 Å². The van der Waals surface area contributed by atoms with Gasteiger partial charge >= 0.3 is 0 Å². The lowest BCUT2D eigenvalue weighted by atomic mass is 10.2. The van der Waals surface area contributed by atoms with Gasteiger partial charge in [0.25, 0.3) is 0 Å². The summed E-state index contributed by atoms with van der Waals surface area (Å²) >= 11 is 0. The molecule has 2 N–H and O–H groups in total. The lowest BCUT2D eigenvalue weighted by molar-refractivity contribution is 0.553. The predicted molar refractivity (Wildman–Crippen MR) is 74.1 cm³/mol. The van der Waals surface area contributed by atoms with E-state index in [0.29, 0.717) is 24.6 Å². The van der Waals surface area contributed by atoms with Gasteiger partial charge in [0.2, 0.25) is 10.0 Å². The highest BCUT2D eigenvalue weighted by atomic mass is 32.2. The number of halogens is 1. The predicted octanol–water partition coefficient (Wildman–Crippen LogP) is 1.80. The summed E-state index contributed by atoms with van der Waals surface area (Å²) in [6.07, 6.45) is 0.686. The van der Waals surface area contributed by atoms with Crippen LogP contribution in [0.15, 0.2) is 23.1 Å². The molecule has 0 aliphatic rings. The van der Waals surface area contributed by atoms with Gasteiger partial charge in [-0.25, -0.2) is 17.5 Å². The van der Waals surface area contributed by atoms with E-state index in [-0.39, 0.29) is 4.90 Å². The van der Waals surface area contributed by atoms with Crippen LogP contribution in [0.2, 0.25) is 0 Å². The number of sulfonamides is 1. The molecule has 0 saturated heterocycles. The molecule has 0 atom stereocenters. The van der Waals surface area contributed by atoms with Gasteiger partial charge in [0.1, 0.15) is 5.82 Å². The fraction of sp³-hybridized carbons (Fsp3) is 0.538. The first-order valence-corrected chi connectivity index (χ1v) is 7.80. The van der Waals surface area contributed by atoms with Crippen molar-refractivity contribution in [3.05, 3.63) is 29.6 Å². The highest BCUT2D eigenvalue weighted by Gasteiger charge is 2.14. The molecule has 0 heterocycles. The first-order valence-electron chi connectivity index (χ1n) is 6.32. The molecule has 0 aromatic heterocycles. The molecule has 4 nitrogen and oxygen atoms in total. The molecular formula is C13H21FN2O2S. The zero-order chi connectivity index (χ0) is 14.5. The maximum absolute atomic E-state index is 13.3. The molecule has 1 rings (SSSR count). The molecular weight excluding hydrogens is 267 g/mol. The Balaban J connectivity index is 2.54. The first kappa shape index (κ1) is 16.1. The minimum absolute atomic E-state index is 0.0348. The summed E-state index contributed by atoms with van der Waals surface area (Å²) in [4.78, 5) is -0.0348. The molecule has 0 saturated carbocycles. The van der Waals surface area contributed by atoms with Crippen LogP contribution in [0.1, 0.15) is 25.8 Å². The maximum Gasteiger partial charge on any atom is 0.240 e. The lowest BCUT2D eigenvalue weighted by Gasteiger charge is -2.09. The average molecular weight is 288 g/mol. The number of aryl methyl sites for hydroxylation is 1. The second kappa shape index (κ2) is 6.98. The van der Waals surface area contributed by atoms with Gasteiger partial charge in [0.15, 0.2) is 0 Å². The van der Waals surface area contributed by atoms with Crippen molar-refractivity contribution >= 4 is 10.0 Å². The SMILES string of the molecule is Cc1ccc(S(=O)(=O)NCCCNC(C)C)cc1F. The van der Waals surface area contributed by atoms with Crippen LogP contribution in [-0.4, -0.2) is 27.5 Å². The molecule has 0 aliphatic heterocycles. The van der Waals surface area contributed by atoms with Crippen molar-refractivity contribution in [1.82, 2.24) is 10.0 Å². The molecule has 6 heteroatoms. The van der Waals surface area contributed by atoms with Gasteiger partial charge in [-0.2, -0.15) is 0 Å². The Bertz CT molecular complexity index is 515. The molecule has 1 aromatic rings. The Morgan fingerprint density at radius 2 is 1.95 bits per heavy atom. The van der Waals surface area contributed by atoms with E-state index in [9.17, 15) is 12.8 Å². The van der Waals surface area contributed by atoms with E-state index < -0.39 is 15.8 Å². The Hall–Kier alpha value is -0.980. The first-order chi connectivity index (χ1) is 8.83. The second-order valence-electron chi connectivity index (χ2n) is 4.77. The summed E-state index contributed by atoms with van der Waals surface area (Å²) in [5, 5.41) is 3.19. The zero-order valence-electron chi connectivity index (χ0n) is 11.5. The van der Waals surface area contributed by atoms with E-state index in [1.165, 1.54) is 12.1 Å². The minimum Gasteiger partial charge on any atom is -0.314 e. The Morgan fingerprint density at radius 3 is 2.53 bits per heavy atom. The summed E-state index contributed by atoms with van der Waals surface area (Å²) in [5.41, 5.74) is 0.431. The van der Waals surface area contributed by atoms with Crippen LogP contribution >= 0.6 is 0 Å². The van der Waals surface area contributed by atoms with Crippen LogP contribution in [0.25, 0.3) is 0 Å². The minimum atomic E-state index is -3.62. The molecule has 0 fully saturated rings. The van der Waals surface area contributed by atoms with Gasteiger partial charge < -0.3 is 5.32 Å².